The van der Waals surface area contributed by atoms with Crippen molar-refractivity contribution in [1.82, 2.24) is 4.90 Å². The van der Waals surface area contributed by atoms with E-state index in [0.29, 0.717) is 17.8 Å². The first-order valence-corrected chi connectivity index (χ1v) is 6.46. The first-order chi connectivity index (χ1) is 9.52. The van der Waals surface area contributed by atoms with E-state index in [-0.39, 0.29) is 24.4 Å². The molecule has 1 fully saturated rings. The Bertz CT molecular complexity index is 532. The van der Waals surface area contributed by atoms with Gasteiger partial charge in [0.1, 0.15) is 0 Å². The number of hydrogen-bond acceptors (Lipinski definition) is 4. The highest BCUT2D eigenvalue weighted by Gasteiger charge is 2.28. The van der Waals surface area contributed by atoms with Gasteiger partial charge in [0.15, 0.2) is 0 Å². The van der Waals surface area contributed by atoms with E-state index in [0.717, 1.165) is 12.8 Å². The second-order valence-corrected chi connectivity index (χ2v) is 4.86. The molecule has 1 aromatic carbocycles. The van der Waals surface area contributed by atoms with Crippen molar-refractivity contribution in [2.45, 2.75) is 25.8 Å². The summed E-state index contributed by atoms with van der Waals surface area (Å²) >= 11 is 0. The smallest absolute Gasteiger partial charge is 0.322 e. The molecule has 7 nitrogen and oxygen atoms in total. The Morgan fingerprint density at radius 2 is 2.35 bits per heavy atom. The monoisotopic (exact) mass is 279 g/mol. The van der Waals surface area contributed by atoms with Crippen molar-refractivity contribution in [2.24, 2.45) is 0 Å². The average Bonchev–Trinajstić information content (AvgIpc) is 2.86. The van der Waals surface area contributed by atoms with Crippen molar-refractivity contribution in [1.29, 1.82) is 0 Å². The molecule has 1 atom stereocenters. The largest absolute Gasteiger partial charge is 0.394 e. The molecule has 108 valence electrons. The number of aliphatic hydroxyl groups is 1. The van der Waals surface area contributed by atoms with Gasteiger partial charge < -0.3 is 15.3 Å². The second-order valence-electron chi connectivity index (χ2n) is 4.86. The minimum atomic E-state index is -0.455. The van der Waals surface area contributed by atoms with Crippen molar-refractivity contribution >= 4 is 17.4 Å². The Labute approximate surface area is 116 Å². The van der Waals surface area contributed by atoms with E-state index in [1.807, 2.05) is 0 Å². The van der Waals surface area contributed by atoms with Gasteiger partial charge in [0, 0.05) is 23.9 Å². The highest BCUT2D eigenvalue weighted by Crippen LogP contribution is 2.23. The van der Waals surface area contributed by atoms with Crippen molar-refractivity contribution in [2.75, 3.05) is 18.5 Å². The van der Waals surface area contributed by atoms with Crippen LogP contribution >= 0.6 is 0 Å². The van der Waals surface area contributed by atoms with Crippen LogP contribution < -0.4 is 5.32 Å². The van der Waals surface area contributed by atoms with Gasteiger partial charge in [-0.25, -0.2) is 4.79 Å². The molecule has 1 aromatic rings. The van der Waals surface area contributed by atoms with Crippen LogP contribution in [0.5, 0.6) is 0 Å². The highest BCUT2D eigenvalue weighted by atomic mass is 16.6. The van der Waals surface area contributed by atoms with E-state index in [4.69, 9.17) is 0 Å². The lowest BCUT2D eigenvalue weighted by Crippen LogP contribution is -2.40. The maximum absolute atomic E-state index is 12.1. The van der Waals surface area contributed by atoms with Crippen LogP contribution in [-0.2, 0) is 0 Å². The fraction of sp³-hybridized carbons (Fsp3) is 0.462. The number of likely N-dealkylation sites (tertiary alicyclic amines) is 1. The number of rotatable bonds is 3. The summed E-state index contributed by atoms with van der Waals surface area (Å²) < 4.78 is 0. The van der Waals surface area contributed by atoms with Crippen molar-refractivity contribution in [3.63, 3.8) is 0 Å². The first kappa shape index (κ1) is 14.3. The lowest BCUT2D eigenvalue weighted by atomic mass is 10.2. The van der Waals surface area contributed by atoms with E-state index in [2.05, 4.69) is 5.32 Å². The Morgan fingerprint density at radius 1 is 1.60 bits per heavy atom. The highest BCUT2D eigenvalue weighted by molar-refractivity contribution is 5.90. The minimum Gasteiger partial charge on any atom is -0.394 e. The zero-order valence-corrected chi connectivity index (χ0v) is 11.2. The van der Waals surface area contributed by atoms with Crippen LogP contribution in [0.1, 0.15) is 18.4 Å². The van der Waals surface area contributed by atoms with Gasteiger partial charge in [0.2, 0.25) is 0 Å². The fourth-order valence-electron chi connectivity index (χ4n) is 2.43. The normalized spacial score (nSPS) is 18.1. The number of aryl methyl sites for hydroxylation is 1. The van der Waals surface area contributed by atoms with Gasteiger partial charge in [0.25, 0.3) is 5.69 Å². The maximum atomic E-state index is 12.1. The number of anilines is 1. The third-order valence-corrected chi connectivity index (χ3v) is 3.49. The van der Waals surface area contributed by atoms with Gasteiger partial charge >= 0.3 is 6.03 Å². The fourth-order valence-corrected chi connectivity index (χ4v) is 2.43. The number of carbonyl (C=O) groups excluding carboxylic acids is 1. The summed E-state index contributed by atoms with van der Waals surface area (Å²) in [7, 11) is 0. The van der Waals surface area contributed by atoms with E-state index in [9.17, 15) is 20.0 Å². The van der Waals surface area contributed by atoms with Gasteiger partial charge in [-0.3, -0.25) is 10.1 Å². The number of nitro groups is 1. The maximum Gasteiger partial charge on any atom is 0.322 e. The summed E-state index contributed by atoms with van der Waals surface area (Å²) in [5.74, 6) is 0. The molecule has 0 aromatic heterocycles. The summed E-state index contributed by atoms with van der Waals surface area (Å²) in [4.78, 5) is 24.0. The molecule has 1 heterocycles. The first-order valence-electron chi connectivity index (χ1n) is 6.46. The topological polar surface area (TPSA) is 95.7 Å². The standard InChI is InChI=1S/C13H17N3O4/c1-9-7-10(4-5-12(9)16(19)20)14-13(18)15-6-2-3-11(15)8-17/h4-5,7,11,17H,2-3,6,8H2,1H3,(H,14,18)/t11-/m0/s1. The zero-order chi connectivity index (χ0) is 14.7. The summed E-state index contributed by atoms with van der Waals surface area (Å²) in [5, 5.41) is 22.6. The second kappa shape index (κ2) is 5.87. The number of hydrogen-bond donors (Lipinski definition) is 2. The molecule has 0 aliphatic carbocycles. The molecule has 0 saturated carbocycles. The molecule has 0 unspecified atom stereocenters. The summed E-state index contributed by atoms with van der Waals surface area (Å²) in [6.07, 6.45) is 1.67. The van der Waals surface area contributed by atoms with Crippen LogP contribution in [0.15, 0.2) is 18.2 Å². The SMILES string of the molecule is Cc1cc(NC(=O)N2CCC[C@H]2CO)ccc1[N+](=O)[O-]. The van der Waals surface area contributed by atoms with Gasteiger partial charge in [-0.15, -0.1) is 0 Å². The molecule has 1 aliphatic heterocycles. The molecular weight excluding hydrogens is 262 g/mol. The van der Waals surface area contributed by atoms with Gasteiger partial charge in [-0.2, -0.15) is 0 Å². The Kier molecular flexibility index (Phi) is 4.19. The number of nitrogens with zero attached hydrogens (tertiary/aromatic N) is 2. The summed E-state index contributed by atoms with van der Waals surface area (Å²) in [6.45, 7) is 2.19. The van der Waals surface area contributed by atoms with Gasteiger partial charge in [-0.1, -0.05) is 0 Å². The molecule has 2 rings (SSSR count). The van der Waals surface area contributed by atoms with Crippen LogP contribution in [0.2, 0.25) is 0 Å². The molecular formula is C13H17N3O4. The Balaban J connectivity index is 2.08. The number of carbonyl (C=O) groups is 1. The number of amides is 2. The minimum absolute atomic E-state index is 0.0254. The number of benzene rings is 1. The van der Waals surface area contributed by atoms with E-state index in [1.165, 1.54) is 12.1 Å². The summed E-state index contributed by atoms with van der Waals surface area (Å²) in [5.41, 5.74) is 1.03. The van der Waals surface area contributed by atoms with Crippen molar-refractivity contribution in [3.8, 4) is 0 Å². The van der Waals surface area contributed by atoms with Crippen LogP contribution in [0.4, 0.5) is 16.2 Å². The number of nitrogens with one attached hydrogen (secondary N) is 1. The number of nitro benzene ring substituents is 1. The molecule has 0 bridgehead atoms. The molecule has 2 amide bonds. The Morgan fingerprint density at radius 3 is 2.95 bits per heavy atom. The number of aliphatic hydroxyl groups excluding tert-OH is 1. The van der Waals surface area contributed by atoms with Crippen molar-refractivity contribution < 1.29 is 14.8 Å². The van der Waals surface area contributed by atoms with Crippen LogP contribution in [0.25, 0.3) is 0 Å². The quantitative estimate of drug-likeness (QED) is 0.652. The molecule has 0 radical (unpaired) electrons. The Hall–Kier alpha value is -2.15. The van der Waals surface area contributed by atoms with Crippen LogP contribution in [0, 0.1) is 17.0 Å². The van der Waals surface area contributed by atoms with E-state index in [1.54, 1.807) is 17.9 Å². The molecule has 20 heavy (non-hydrogen) atoms. The molecule has 2 N–H and O–H groups in total. The van der Waals surface area contributed by atoms with E-state index < -0.39 is 4.92 Å². The molecule has 0 spiro atoms. The average molecular weight is 279 g/mol. The lowest BCUT2D eigenvalue weighted by molar-refractivity contribution is -0.385. The van der Waals surface area contributed by atoms with Crippen LogP contribution in [0.3, 0.4) is 0 Å². The molecule has 7 heteroatoms. The third-order valence-electron chi connectivity index (χ3n) is 3.49. The molecule has 1 saturated heterocycles. The summed E-state index contributed by atoms with van der Waals surface area (Å²) in [6, 6.07) is 4.02. The lowest BCUT2D eigenvalue weighted by Gasteiger charge is -2.23. The van der Waals surface area contributed by atoms with Gasteiger partial charge in [0.05, 0.1) is 17.6 Å². The third kappa shape index (κ3) is 2.88. The van der Waals surface area contributed by atoms with Crippen LogP contribution in [-0.4, -0.2) is 40.2 Å². The predicted octanol–water partition coefficient (Wildman–Crippen LogP) is 1.89. The predicted molar refractivity (Wildman–Crippen MR) is 73.7 cm³/mol. The van der Waals surface area contributed by atoms with Crippen molar-refractivity contribution in [3.05, 3.63) is 33.9 Å². The zero-order valence-electron chi connectivity index (χ0n) is 11.2. The number of urea groups is 1. The molecule has 1 aliphatic rings. The van der Waals surface area contributed by atoms with E-state index >= 15 is 0 Å². The van der Waals surface area contributed by atoms with Gasteiger partial charge in [-0.05, 0) is 31.9 Å².